The van der Waals surface area contributed by atoms with Gasteiger partial charge in [-0.15, -0.1) is 0 Å². The molecule has 1 aromatic rings. The Bertz CT molecular complexity index is 395. The predicted molar refractivity (Wildman–Crippen MR) is 50.0 cm³/mol. The molecule has 5 heteroatoms. The number of aromatic nitrogens is 2. The van der Waals surface area contributed by atoms with Crippen LogP contribution in [0.25, 0.3) is 0 Å². The fraction of sp³-hybridized carbons (Fsp3) is 0.444. The average Bonchev–Trinajstić information content (AvgIpc) is 2.11. The minimum atomic E-state index is -0.307. The molecule has 0 aromatic carbocycles. The molecule has 0 bridgehead atoms. The second kappa shape index (κ2) is 3.61. The molecule has 74 valence electrons. The highest BCUT2D eigenvalue weighted by atomic mass is 16.2. The van der Waals surface area contributed by atoms with E-state index in [-0.39, 0.29) is 23.2 Å². The summed E-state index contributed by atoms with van der Waals surface area (Å²) in [5.41, 5.74) is -0.126. The molecular formula is C9H11N3O2. The van der Waals surface area contributed by atoms with Crippen molar-refractivity contribution in [1.82, 2.24) is 15.3 Å². The first-order chi connectivity index (χ1) is 6.75. The zero-order valence-electron chi connectivity index (χ0n) is 7.62. The van der Waals surface area contributed by atoms with Gasteiger partial charge in [0.15, 0.2) is 0 Å². The van der Waals surface area contributed by atoms with Crippen molar-refractivity contribution < 1.29 is 4.79 Å². The van der Waals surface area contributed by atoms with Crippen molar-refractivity contribution in [3.05, 3.63) is 28.4 Å². The van der Waals surface area contributed by atoms with E-state index in [4.69, 9.17) is 0 Å². The van der Waals surface area contributed by atoms with E-state index in [2.05, 4.69) is 15.3 Å². The minimum Gasteiger partial charge on any atom is -0.348 e. The zero-order valence-corrected chi connectivity index (χ0v) is 7.62. The van der Waals surface area contributed by atoms with E-state index in [1.54, 1.807) is 0 Å². The van der Waals surface area contributed by atoms with Gasteiger partial charge in [-0.2, -0.15) is 0 Å². The number of hydrogen-bond donors (Lipinski definition) is 2. The molecular weight excluding hydrogens is 182 g/mol. The smallest absolute Gasteiger partial charge is 0.270 e. The van der Waals surface area contributed by atoms with Gasteiger partial charge >= 0.3 is 0 Å². The quantitative estimate of drug-likeness (QED) is 0.697. The second-order valence-corrected chi connectivity index (χ2v) is 3.40. The molecule has 2 rings (SSSR count). The van der Waals surface area contributed by atoms with Crippen molar-refractivity contribution >= 4 is 5.91 Å². The summed E-state index contributed by atoms with van der Waals surface area (Å²) in [4.78, 5) is 28.5. The van der Waals surface area contributed by atoms with Crippen molar-refractivity contribution in [2.24, 2.45) is 0 Å². The van der Waals surface area contributed by atoms with Gasteiger partial charge in [-0.3, -0.25) is 9.59 Å². The van der Waals surface area contributed by atoms with Gasteiger partial charge in [0.05, 0.1) is 6.33 Å². The summed E-state index contributed by atoms with van der Waals surface area (Å²) in [6, 6.07) is 1.47. The van der Waals surface area contributed by atoms with Crippen LogP contribution in [-0.4, -0.2) is 21.9 Å². The number of nitrogens with zero attached hydrogens (tertiary/aromatic N) is 1. The molecule has 0 unspecified atom stereocenters. The Morgan fingerprint density at radius 1 is 1.57 bits per heavy atom. The van der Waals surface area contributed by atoms with E-state index in [0.717, 1.165) is 19.3 Å². The Kier molecular flexibility index (Phi) is 2.30. The fourth-order valence-electron chi connectivity index (χ4n) is 1.30. The van der Waals surface area contributed by atoms with E-state index in [0.29, 0.717) is 0 Å². The Morgan fingerprint density at radius 3 is 2.93 bits per heavy atom. The van der Waals surface area contributed by atoms with Crippen LogP contribution in [-0.2, 0) is 0 Å². The normalized spacial score (nSPS) is 16.0. The zero-order chi connectivity index (χ0) is 9.97. The number of aromatic amines is 1. The summed E-state index contributed by atoms with van der Waals surface area (Å²) in [5, 5.41) is 2.81. The van der Waals surface area contributed by atoms with E-state index in [9.17, 15) is 9.59 Å². The molecule has 0 spiro atoms. The van der Waals surface area contributed by atoms with Gasteiger partial charge in [-0.25, -0.2) is 4.98 Å². The first-order valence-electron chi connectivity index (χ1n) is 4.61. The lowest BCUT2D eigenvalue weighted by atomic mass is 9.93. The molecule has 1 saturated carbocycles. The summed E-state index contributed by atoms with van der Waals surface area (Å²) in [5.74, 6) is -0.263. The van der Waals surface area contributed by atoms with E-state index in [1.165, 1.54) is 12.4 Å². The molecule has 2 N–H and O–H groups in total. The van der Waals surface area contributed by atoms with E-state index >= 15 is 0 Å². The van der Waals surface area contributed by atoms with Crippen molar-refractivity contribution in [3.8, 4) is 0 Å². The second-order valence-electron chi connectivity index (χ2n) is 3.40. The fourth-order valence-corrected chi connectivity index (χ4v) is 1.30. The largest absolute Gasteiger partial charge is 0.348 e. The number of carbonyl (C=O) groups is 1. The molecule has 14 heavy (non-hydrogen) atoms. The summed E-state index contributed by atoms with van der Waals surface area (Å²) >= 11 is 0. The van der Waals surface area contributed by atoms with Crippen LogP contribution in [0.1, 0.15) is 29.8 Å². The predicted octanol–water partition coefficient (Wildman–Crippen LogP) is 0.0522. The molecule has 0 atom stereocenters. The van der Waals surface area contributed by atoms with Crippen LogP contribution in [0.15, 0.2) is 17.2 Å². The molecule has 1 heterocycles. The third-order valence-corrected chi connectivity index (χ3v) is 2.35. The monoisotopic (exact) mass is 193 g/mol. The van der Waals surface area contributed by atoms with Gasteiger partial charge in [0.2, 0.25) is 0 Å². The summed E-state index contributed by atoms with van der Waals surface area (Å²) in [6.45, 7) is 0. The SMILES string of the molecule is O=C(NC1CCC1)c1cc(=O)[nH]cn1. The molecule has 1 aliphatic rings. The van der Waals surface area contributed by atoms with Gasteiger partial charge in [0, 0.05) is 12.1 Å². The number of rotatable bonds is 2. The lowest BCUT2D eigenvalue weighted by Crippen LogP contribution is -2.40. The third-order valence-electron chi connectivity index (χ3n) is 2.35. The van der Waals surface area contributed by atoms with Crippen molar-refractivity contribution in [3.63, 3.8) is 0 Å². The summed E-state index contributed by atoms with van der Waals surface area (Å²) in [6.07, 6.45) is 4.44. The highest BCUT2D eigenvalue weighted by molar-refractivity contribution is 5.92. The Hall–Kier alpha value is -1.65. The van der Waals surface area contributed by atoms with Crippen molar-refractivity contribution in [2.45, 2.75) is 25.3 Å². The van der Waals surface area contributed by atoms with Crippen LogP contribution < -0.4 is 10.9 Å². The standard InChI is InChI=1S/C9H11N3O2/c13-8-4-7(10-5-11-8)9(14)12-6-2-1-3-6/h4-6H,1-3H2,(H,12,14)(H,10,11,13). The number of H-pyrrole nitrogens is 1. The van der Waals surface area contributed by atoms with Gasteiger partial charge < -0.3 is 10.3 Å². The van der Waals surface area contributed by atoms with Gasteiger partial charge in [-0.05, 0) is 19.3 Å². The first kappa shape index (κ1) is 8.93. The Balaban J connectivity index is 2.06. The van der Waals surface area contributed by atoms with Crippen LogP contribution in [0.3, 0.4) is 0 Å². The number of carbonyl (C=O) groups excluding carboxylic acids is 1. The molecule has 0 radical (unpaired) electrons. The highest BCUT2D eigenvalue weighted by Gasteiger charge is 2.20. The highest BCUT2D eigenvalue weighted by Crippen LogP contribution is 2.18. The molecule has 1 amide bonds. The van der Waals surface area contributed by atoms with Gasteiger partial charge in [0.25, 0.3) is 11.5 Å². The van der Waals surface area contributed by atoms with Crippen LogP contribution in [0.2, 0.25) is 0 Å². The maximum atomic E-state index is 11.5. The number of nitrogens with one attached hydrogen (secondary N) is 2. The maximum Gasteiger partial charge on any atom is 0.270 e. The summed E-state index contributed by atoms with van der Waals surface area (Å²) < 4.78 is 0. The van der Waals surface area contributed by atoms with Crippen LogP contribution in [0.5, 0.6) is 0 Å². The topological polar surface area (TPSA) is 74.8 Å². The number of amides is 1. The first-order valence-corrected chi connectivity index (χ1v) is 4.61. The molecule has 5 nitrogen and oxygen atoms in total. The van der Waals surface area contributed by atoms with Gasteiger partial charge in [0.1, 0.15) is 5.69 Å². The molecule has 1 aliphatic carbocycles. The van der Waals surface area contributed by atoms with E-state index in [1.807, 2.05) is 0 Å². The van der Waals surface area contributed by atoms with Gasteiger partial charge in [-0.1, -0.05) is 0 Å². The molecule has 0 aliphatic heterocycles. The lowest BCUT2D eigenvalue weighted by molar-refractivity contribution is 0.0911. The maximum absolute atomic E-state index is 11.5. The molecule has 1 aromatic heterocycles. The molecule has 1 fully saturated rings. The number of hydrogen-bond acceptors (Lipinski definition) is 3. The van der Waals surface area contributed by atoms with Crippen LogP contribution in [0.4, 0.5) is 0 Å². The Labute approximate surface area is 80.6 Å². The Morgan fingerprint density at radius 2 is 2.36 bits per heavy atom. The minimum absolute atomic E-state index is 0.181. The summed E-state index contributed by atoms with van der Waals surface area (Å²) in [7, 11) is 0. The van der Waals surface area contributed by atoms with Crippen molar-refractivity contribution in [2.75, 3.05) is 0 Å². The molecule has 0 saturated heterocycles. The third kappa shape index (κ3) is 1.81. The van der Waals surface area contributed by atoms with Crippen LogP contribution in [0, 0.1) is 0 Å². The lowest BCUT2D eigenvalue weighted by Gasteiger charge is -2.25. The van der Waals surface area contributed by atoms with Crippen molar-refractivity contribution in [1.29, 1.82) is 0 Å². The van der Waals surface area contributed by atoms with E-state index < -0.39 is 0 Å². The van der Waals surface area contributed by atoms with Crippen LogP contribution >= 0.6 is 0 Å². The average molecular weight is 193 g/mol.